The minimum Gasteiger partial charge on any atom is -0.375 e. The van der Waals surface area contributed by atoms with Crippen LogP contribution in [0.4, 0.5) is 0 Å². The summed E-state index contributed by atoms with van der Waals surface area (Å²) in [5.74, 6) is 3.28. The summed E-state index contributed by atoms with van der Waals surface area (Å²) >= 11 is 0. The van der Waals surface area contributed by atoms with Crippen molar-refractivity contribution in [1.29, 1.82) is 0 Å². The van der Waals surface area contributed by atoms with Crippen LogP contribution in [0.25, 0.3) is 0 Å². The van der Waals surface area contributed by atoms with Gasteiger partial charge < -0.3 is 9.53 Å². The minimum atomic E-state index is 0.286. The van der Waals surface area contributed by atoms with E-state index in [4.69, 9.17) is 4.74 Å². The standard InChI is InChI=1S/C18H30O2/c1-14(19)6-4-2-3-5-7-20-18-11-15-8-16(12-18)10-17(9-15)13-18/h15-17H,2-13H2,1H3. The fourth-order valence-electron chi connectivity index (χ4n) is 5.33. The summed E-state index contributed by atoms with van der Waals surface area (Å²) in [6, 6.07) is 0. The molecule has 0 amide bonds. The molecule has 4 saturated carbocycles. The topological polar surface area (TPSA) is 26.3 Å². The largest absolute Gasteiger partial charge is 0.375 e. The van der Waals surface area contributed by atoms with E-state index < -0.39 is 0 Å². The van der Waals surface area contributed by atoms with Crippen LogP contribution in [0.15, 0.2) is 0 Å². The van der Waals surface area contributed by atoms with Crippen molar-refractivity contribution in [3.63, 3.8) is 0 Å². The summed E-state index contributed by atoms with van der Waals surface area (Å²) in [7, 11) is 0. The molecule has 2 nitrogen and oxygen atoms in total. The van der Waals surface area contributed by atoms with Crippen LogP contribution in [0.2, 0.25) is 0 Å². The molecule has 4 fully saturated rings. The third kappa shape index (κ3) is 3.44. The zero-order valence-corrected chi connectivity index (χ0v) is 13.0. The van der Waals surface area contributed by atoms with E-state index in [1.807, 2.05) is 0 Å². The molecule has 0 radical (unpaired) electrons. The van der Waals surface area contributed by atoms with E-state index in [1.54, 1.807) is 6.92 Å². The minimum absolute atomic E-state index is 0.286. The molecule has 4 aliphatic rings. The van der Waals surface area contributed by atoms with Crippen molar-refractivity contribution in [3.8, 4) is 0 Å². The molecule has 0 aromatic carbocycles. The second-order valence-corrected chi connectivity index (χ2v) is 7.82. The molecule has 4 bridgehead atoms. The number of hydrogen-bond acceptors (Lipinski definition) is 2. The Hall–Kier alpha value is -0.370. The summed E-state index contributed by atoms with van der Waals surface area (Å²) < 4.78 is 6.40. The van der Waals surface area contributed by atoms with E-state index in [0.29, 0.717) is 5.78 Å². The van der Waals surface area contributed by atoms with Crippen LogP contribution in [0, 0.1) is 17.8 Å². The monoisotopic (exact) mass is 278 g/mol. The third-order valence-corrected chi connectivity index (χ3v) is 5.81. The Kier molecular flexibility index (Phi) is 4.49. The molecular formula is C18H30O2. The van der Waals surface area contributed by atoms with Gasteiger partial charge >= 0.3 is 0 Å². The van der Waals surface area contributed by atoms with Gasteiger partial charge in [0.05, 0.1) is 5.60 Å². The lowest BCUT2D eigenvalue weighted by Crippen LogP contribution is -2.52. The van der Waals surface area contributed by atoms with Crippen LogP contribution in [0.3, 0.4) is 0 Å². The normalized spacial score (nSPS) is 38.4. The van der Waals surface area contributed by atoms with Gasteiger partial charge in [0.25, 0.3) is 0 Å². The van der Waals surface area contributed by atoms with Crippen LogP contribution >= 0.6 is 0 Å². The molecule has 4 aliphatic carbocycles. The zero-order chi connectivity index (χ0) is 14.0. The third-order valence-electron chi connectivity index (χ3n) is 5.81. The van der Waals surface area contributed by atoms with Gasteiger partial charge in [-0.05, 0) is 76.0 Å². The number of ether oxygens (including phenoxy) is 1. The maximum Gasteiger partial charge on any atom is 0.129 e. The molecule has 0 aromatic rings. The van der Waals surface area contributed by atoms with E-state index in [9.17, 15) is 4.79 Å². The Balaban J connectivity index is 1.33. The molecule has 0 atom stereocenters. The maximum absolute atomic E-state index is 10.9. The van der Waals surface area contributed by atoms with E-state index in [-0.39, 0.29) is 5.60 Å². The van der Waals surface area contributed by atoms with E-state index in [1.165, 1.54) is 57.8 Å². The SMILES string of the molecule is CC(=O)CCCCCCOC12CC3CC(CC(C3)C1)C2. The second kappa shape index (κ2) is 6.17. The van der Waals surface area contributed by atoms with Crippen molar-refractivity contribution >= 4 is 5.78 Å². The summed E-state index contributed by atoms with van der Waals surface area (Å²) in [5.41, 5.74) is 0.286. The van der Waals surface area contributed by atoms with Crippen LogP contribution in [-0.4, -0.2) is 18.0 Å². The van der Waals surface area contributed by atoms with Crippen LogP contribution < -0.4 is 0 Å². The predicted octanol–water partition coefficient (Wildman–Crippen LogP) is 4.51. The predicted molar refractivity (Wildman–Crippen MR) is 80.6 cm³/mol. The van der Waals surface area contributed by atoms with Gasteiger partial charge in [-0.25, -0.2) is 0 Å². The van der Waals surface area contributed by atoms with Crippen LogP contribution in [0.1, 0.15) is 77.6 Å². The van der Waals surface area contributed by atoms with Crippen molar-refractivity contribution < 1.29 is 9.53 Å². The number of carbonyl (C=O) groups excluding carboxylic acids is 1. The van der Waals surface area contributed by atoms with Crippen molar-refractivity contribution in [2.45, 2.75) is 83.2 Å². The number of carbonyl (C=O) groups is 1. The molecule has 2 heteroatoms. The van der Waals surface area contributed by atoms with Gasteiger partial charge in [0.2, 0.25) is 0 Å². The molecule has 114 valence electrons. The first-order valence-electron chi connectivity index (χ1n) is 8.79. The highest BCUT2D eigenvalue weighted by Crippen LogP contribution is 2.57. The quantitative estimate of drug-likeness (QED) is 0.611. The average Bonchev–Trinajstić information content (AvgIpc) is 2.35. The number of hydrogen-bond donors (Lipinski definition) is 0. The van der Waals surface area contributed by atoms with E-state index in [0.717, 1.165) is 37.2 Å². The van der Waals surface area contributed by atoms with Crippen LogP contribution in [-0.2, 0) is 9.53 Å². The lowest BCUT2D eigenvalue weighted by Gasteiger charge is -2.56. The summed E-state index contributed by atoms with van der Waals surface area (Å²) in [4.78, 5) is 10.9. The van der Waals surface area contributed by atoms with Gasteiger partial charge in [-0.15, -0.1) is 0 Å². The lowest BCUT2D eigenvalue weighted by atomic mass is 9.54. The maximum atomic E-state index is 10.9. The lowest BCUT2D eigenvalue weighted by molar-refractivity contribution is -0.162. The number of ketones is 1. The van der Waals surface area contributed by atoms with Gasteiger partial charge in [-0.2, -0.15) is 0 Å². The Bertz CT molecular complexity index is 312. The molecule has 0 aromatic heterocycles. The first-order valence-corrected chi connectivity index (χ1v) is 8.79. The van der Waals surface area contributed by atoms with Gasteiger partial charge in [0.1, 0.15) is 5.78 Å². The Labute approximate surface area is 123 Å². The Morgan fingerprint density at radius 2 is 1.50 bits per heavy atom. The second-order valence-electron chi connectivity index (χ2n) is 7.82. The smallest absolute Gasteiger partial charge is 0.129 e. The first-order chi connectivity index (χ1) is 9.65. The molecule has 0 N–H and O–H groups in total. The Morgan fingerprint density at radius 1 is 0.950 bits per heavy atom. The summed E-state index contributed by atoms with van der Waals surface area (Å²) in [5, 5.41) is 0. The highest BCUT2D eigenvalue weighted by atomic mass is 16.5. The van der Waals surface area contributed by atoms with Crippen molar-refractivity contribution in [2.75, 3.05) is 6.61 Å². The van der Waals surface area contributed by atoms with Crippen molar-refractivity contribution in [3.05, 3.63) is 0 Å². The van der Waals surface area contributed by atoms with Gasteiger partial charge in [-0.3, -0.25) is 0 Å². The molecule has 20 heavy (non-hydrogen) atoms. The molecule has 0 spiro atoms. The fourth-order valence-corrected chi connectivity index (χ4v) is 5.33. The van der Waals surface area contributed by atoms with Gasteiger partial charge in [-0.1, -0.05) is 12.8 Å². The number of Topliss-reactive ketones (excluding diaryl/α,β-unsaturated/α-hetero) is 1. The first kappa shape index (κ1) is 14.6. The van der Waals surface area contributed by atoms with Crippen molar-refractivity contribution in [1.82, 2.24) is 0 Å². The van der Waals surface area contributed by atoms with Gasteiger partial charge in [0, 0.05) is 13.0 Å². The molecule has 0 saturated heterocycles. The zero-order valence-electron chi connectivity index (χ0n) is 13.0. The van der Waals surface area contributed by atoms with E-state index >= 15 is 0 Å². The van der Waals surface area contributed by atoms with E-state index in [2.05, 4.69) is 0 Å². The average molecular weight is 278 g/mol. The summed E-state index contributed by atoms with van der Waals surface area (Å²) in [6.07, 6.45) is 13.9. The summed E-state index contributed by atoms with van der Waals surface area (Å²) in [6.45, 7) is 2.64. The van der Waals surface area contributed by atoms with Crippen LogP contribution in [0.5, 0.6) is 0 Å². The molecule has 4 rings (SSSR count). The highest BCUT2D eigenvalue weighted by molar-refractivity contribution is 5.75. The molecule has 0 unspecified atom stereocenters. The molecule has 0 heterocycles. The van der Waals surface area contributed by atoms with Crippen molar-refractivity contribution in [2.24, 2.45) is 17.8 Å². The van der Waals surface area contributed by atoms with Gasteiger partial charge in [0.15, 0.2) is 0 Å². The highest BCUT2D eigenvalue weighted by Gasteiger charge is 2.51. The molecule has 0 aliphatic heterocycles. The molecular weight excluding hydrogens is 248 g/mol. The number of unbranched alkanes of at least 4 members (excludes halogenated alkanes) is 3. The fraction of sp³-hybridized carbons (Fsp3) is 0.944. The Morgan fingerprint density at radius 3 is 2.05 bits per heavy atom. The number of rotatable bonds is 8.